The number of benzene rings is 1. The summed E-state index contributed by atoms with van der Waals surface area (Å²) in [6.45, 7) is 5.82. The van der Waals surface area contributed by atoms with Crippen molar-refractivity contribution in [1.29, 1.82) is 0 Å². The van der Waals surface area contributed by atoms with Crippen LogP contribution in [0.4, 0.5) is 0 Å². The Balaban J connectivity index is 0.00000192. The van der Waals surface area contributed by atoms with Gasteiger partial charge in [-0.3, -0.25) is 4.79 Å². The van der Waals surface area contributed by atoms with Crippen molar-refractivity contribution in [2.45, 2.75) is 45.3 Å². The highest BCUT2D eigenvalue weighted by Crippen LogP contribution is 2.37. The second-order valence-corrected chi connectivity index (χ2v) is 6.74. The third-order valence-electron chi connectivity index (χ3n) is 5.21. The lowest BCUT2D eigenvalue weighted by atomic mass is 9.98. The van der Waals surface area contributed by atoms with Gasteiger partial charge in [-0.1, -0.05) is 6.92 Å². The zero-order chi connectivity index (χ0) is 15.7. The first-order valence-corrected chi connectivity index (χ1v) is 8.40. The lowest BCUT2D eigenvalue weighted by Gasteiger charge is -2.19. The van der Waals surface area contributed by atoms with E-state index in [2.05, 4.69) is 6.92 Å². The highest BCUT2D eigenvalue weighted by Gasteiger charge is 2.42. The summed E-state index contributed by atoms with van der Waals surface area (Å²) in [4.78, 5) is 14.6. The SMILES string of the molecule is CCC(C)Oc1ccc(C(=O)N2CC3CCC(N)C3C2)cc1.Cl. The molecule has 3 rings (SSSR count). The normalized spacial score (nSPS) is 27.3. The summed E-state index contributed by atoms with van der Waals surface area (Å²) >= 11 is 0. The molecule has 1 amide bonds. The summed E-state index contributed by atoms with van der Waals surface area (Å²) in [5, 5.41) is 0. The van der Waals surface area contributed by atoms with E-state index in [0.717, 1.165) is 43.7 Å². The molecule has 4 unspecified atom stereocenters. The summed E-state index contributed by atoms with van der Waals surface area (Å²) in [5.41, 5.74) is 6.89. The van der Waals surface area contributed by atoms with E-state index in [4.69, 9.17) is 10.5 Å². The van der Waals surface area contributed by atoms with Gasteiger partial charge in [0.25, 0.3) is 5.91 Å². The van der Waals surface area contributed by atoms with Gasteiger partial charge in [0.05, 0.1) is 6.10 Å². The lowest BCUT2D eigenvalue weighted by Crippen LogP contribution is -2.33. The molecule has 1 aliphatic heterocycles. The predicted octanol–water partition coefficient (Wildman–Crippen LogP) is 3.10. The molecule has 0 aromatic heterocycles. The number of amides is 1. The van der Waals surface area contributed by atoms with E-state index >= 15 is 0 Å². The molecule has 1 saturated carbocycles. The number of likely N-dealkylation sites (tertiary alicyclic amines) is 1. The van der Waals surface area contributed by atoms with Gasteiger partial charge in [0.1, 0.15) is 5.75 Å². The van der Waals surface area contributed by atoms with Crippen molar-refractivity contribution in [3.63, 3.8) is 0 Å². The molecule has 1 saturated heterocycles. The first-order valence-electron chi connectivity index (χ1n) is 8.40. The molecule has 1 heterocycles. The van der Waals surface area contributed by atoms with Gasteiger partial charge in [0.2, 0.25) is 0 Å². The minimum atomic E-state index is 0. The van der Waals surface area contributed by atoms with Gasteiger partial charge < -0.3 is 15.4 Å². The Morgan fingerprint density at radius 3 is 2.61 bits per heavy atom. The maximum atomic E-state index is 12.6. The van der Waals surface area contributed by atoms with Crippen LogP contribution in [0.5, 0.6) is 5.75 Å². The Bertz CT molecular complexity index is 534. The molecule has 4 atom stereocenters. The molecule has 2 N–H and O–H groups in total. The largest absolute Gasteiger partial charge is 0.491 e. The minimum absolute atomic E-state index is 0. The van der Waals surface area contributed by atoms with Crippen LogP contribution in [-0.2, 0) is 0 Å². The number of fused-ring (bicyclic) bond motifs is 1. The maximum absolute atomic E-state index is 12.6. The van der Waals surface area contributed by atoms with E-state index in [-0.39, 0.29) is 30.5 Å². The number of nitrogens with zero attached hydrogens (tertiary/aromatic N) is 1. The minimum Gasteiger partial charge on any atom is -0.491 e. The number of ether oxygens (including phenoxy) is 1. The molecule has 23 heavy (non-hydrogen) atoms. The summed E-state index contributed by atoms with van der Waals surface area (Å²) < 4.78 is 5.76. The van der Waals surface area contributed by atoms with E-state index < -0.39 is 0 Å². The highest BCUT2D eigenvalue weighted by atomic mass is 35.5. The van der Waals surface area contributed by atoms with Crippen LogP contribution in [-0.4, -0.2) is 36.0 Å². The fourth-order valence-electron chi connectivity index (χ4n) is 3.65. The smallest absolute Gasteiger partial charge is 0.253 e. The zero-order valence-corrected chi connectivity index (χ0v) is 14.7. The van der Waals surface area contributed by atoms with Crippen molar-refractivity contribution < 1.29 is 9.53 Å². The molecule has 0 bridgehead atoms. The topological polar surface area (TPSA) is 55.6 Å². The van der Waals surface area contributed by atoms with Crippen molar-refractivity contribution in [2.24, 2.45) is 17.6 Å². The fraction of sp³-hybridized carbons (Fsp3) is 0.611. The molecule has 2 aliphatic rings. The van der Waals surface area contributed by atoms with E-state index in [1.165, 1.54) is 0 Å². The number of hydrogen-bond donors (Lipinski definition) is 1. The molecule has 1 aromatic carbocycles. The second-order valence-electron chi connectivity index (χ2n) is 6.74. The van der Waals surface area contributed by atoms with E-state index in [0.29, 0.717) is 11.8 Å². The van der Waals surface area contributed by atoms with Crippen LogP contribution in [0.2, 0.25) is 0 Å². The van der Waals surface area contributed by atoms with Gasteiger partial charge in [-0.25, -0.2) is 0 Å². The van der Waals surface area contributed by atoms with Crippen LogP contribution in [0.15, 0.2) is 24.3 Å². The molecule has 2 fully saturated rings. The van der Waals surface area contributed by atoms with Crippen molar-refractivity contribution in [3.8, 4) is 5.75 Å². The van der Waals surface area contributed by atoms with Crippen LogP contribution >= 0.6 is 12.4 Å². The Morgan fingerprint density at radius 1 is 1.30 bits per heavy atom. The summed E-state index contributed by atoms with van der Waals surface area (Å²) in [6, 6.07) is 7.79. The van der Waals surface area contributed by atoms with E-state index in [1.807, 2.05) is 36.1 Å². The van der Waals surface area contributed by atoms with Crippen LogP contribution in [0.3, 0.4) is 0 Å². The molecule has 0 spiro atoms. The molecule has 128 valence electrons. The van der Waals surface area contributed by atoms with Gasteiger partial charge in [-0.15, -0.1) is 12.4 Å². The van der Waals surface area contributed by atoms with Gasteiger partial charge >= 0.3 is 0 Å². The highest BCUT2D eigenvalue weighted by molar-refractivity contribution is 5.94. The Hall–Kier alpha value is -1.26. The number of carbonyl (C=O) groups is 1. The van der Waals surface area contributed by atoms with Crippen LogP contribution < -0.4 is 10.5 Å². The van der Waals surface area contributed by atoms with Crippen molar-refractivity contribution in [2.75, 3.05) is 13.1 Å². The third-order valence-corrected chi connectivity index (χ3v) is 5.21. The summed E-state index contributed by atoms with van der Waals surface area (Å²) in [7, 11) is 0. The van der Waals surface area contributed by atoms with Crippen LogP contribution in [0, 0.1) is 11.8 Å². The number of carbonyl (C=O) groups excluding carboxylic acids is 1. The van der Waals surface area contributed by atoms with Gasteiger partial charge in [-0.2, -0.15) is 0 Å². The van der Waals surface area contributed by atoms with Crippen LogP contribution in [0.25, 0.3) is 0 Å². The Kier molecular flexibility index (Phi) is 5.93. The van der Waals surface area contributed by atoms with Gasteiger partial charge in [-0.05, 0) is 62.3 Å². The van der Waals surface area contributed by atoms with Gasteiger partial charge in [0.15, 0.2) is 0 Å². The first-order chi connectivity index (χ1) is 10.6. The summed E-state index contributed by atoms with van der Waals surface area (Å²) in [6.07, 6.45) is 3.44. The zero-order valence-electron chi connectivity index (χ0n) is 13.9. The molecule has 5 heteroatoms. The lowest BCUT2D eigenvalue weighted by molar-refractivity contribution is 0.0779. The number of nitrogens with two attached hydrogens (primary N) is 1. The summed E-state index contributed by atoms with van der Waals surface area (Å²) in [5.74, 6) is 2.05. The molecular weight excluding hydrogens is 312 g/mol. The predicted molar refractivity (Wildman–Crippen MR) is 94.2 cm³/mol. The van der Waals surface area contributed by atoms with Gasteiger partial charge in [0, 0.05) is 24.7 Å². The molecule has 0 radical (unpaired) electrons. The maximum Gasteiger partial charge on any atom is 0.253 e. The second kappa shape index (κ2) is 7.54. The Labute approximate surface area is 144 Å². The standard InChI is InChI=1S/C18H26N2O2.ClH/c1-3-12(2)22-15-7-4-13(5-8-15)18(21)20-10-14-6-9-17(19)16(14)11-20;/h4-5,7-8,12,14,16-17H,3,6,9-11,19H2,1-2H3;1H. The molecule has 1 aliphatic carbocycles. The molecule has 4 nitrogen and oxygen atoms in total. The van der Waals surface area contributed by atoms with E-state index in [9.17, 15) is 4.79 Å². The third kappa shape index (κ3) is 3.81. The quantitative estimate of drug-likeness (QED) is 0.917. The number of rotatable bonds is 4. The molecule has 1 aromatic rings. The monoisotopic (exact) mass is 338 g/mol. The first kappa shape index (κ1) is 18.1. The Morgan fingerprint density at radius 2 is 2.00 bits per heavy atom. The van der Waals surface area contributed by atoms with Crippen molar-refractivity contribution >= 4 is 18.3 Å². The molecular formula is C18H27ClN2O2. The van der Waals surface area contributed by atoms with Crippen LogP contribution in [0.1, 0.15) is 43.5 Å². The number of hydrogen-bond acceptors (Lipinski definition) is 3. The van der Waals surface area contributed by atoms with Crippen molar-refractivity contribution in [1.82, 2.24) is 4.90 Å². The number of halogens is 1. The van der Waals surface area contributed by atoms with E-state index in [1.54, 1.807) is 0 Å². The average Bonchev–Trinajstić information content (AvgIpc) is 3.10. The average molecular weight is 339 g/mol. The van der Waals surface area contributed by atoms with Crippen molar-refractivity contribution in [3.05, 3.63) is 29.8 Å². The fourth-order valence-corrected chi connectivity index (χ4v) is 3.65.